The normalized spacial score (nSPS) is 20.7. The van der Waals surface area contributed by atoms with Crippen molar-refractivity contribution in [3.63, 3.8) is 0 Å². The first-order valence-corrected chi connectivity index (χ1v) is 12.9. The number of nitrogens with zero attached hydrogens (tertiary/aromatic N) is 5. The highest BCUT2D eigenvalue weighted by Gasteiger charge is 2.64. The highest BCUT2D eigenvalue weighted by Crippen LogP contribution is 2.47. The molecule has 196 valence electrons. The number of β-lactam (4-membered cyclic amide) rings is 1. The largest absolute Gasteiger partial charge is 0.543 e. The smallest absolute Gasteiger partial charge is 0.391 e. The Morgan fingerprint density at radius 2 is 2.21 bits per heavy atom. The summed E-state index contributed by atoms with van der Waals surface area (Å²) in [6.45, 7) is -0.232. The minimum atomic E-state index is -1.75. The molecule has 17 heteroatoms. The van der Waals surface area contributed by atoms with Gasteiger partial charge in [-0.25, -0.2) is 9.55 Å². The molecule has 4 rings (SSSR count). The van der Waals surface area contributed by atoms with Gasteiger partial charge in [0.05, 0.1) is 18.7 Å². The lowest BCUT2D eigenvalue weighted by Crippen LogP contribution is -2.81. The van der Waals surface area contributed by atoms with Crippen LogP contribution in [0.15, 0.2) is 22.3 Å². The van der Waals surface area contributed by atoms with Gasteiger partial charge in [0, 0.05) is 28.1 Å². The van der Waals surface area contributed by atoms with E-state index in [1.165, 1.54) is 16.0 Å². The molecule has 0 radical (unpaired) electrons. The quantitative estimate of drug-likeness (QED) is 0.0486. The van der Waals surface area contributed by atoms with Crippen molar-refractivity contribution in [1.29, 1.82) is 0 Å². The van der Waals surface area contributed by atoms with Gasteiger partial charge in [-0.15, -0.1) is 29.5 Å². The van der Waals surface area contributed by atoms with E-state index < -0.39 is 34.4 Å². The van der Waals surface area contributed by atoms with Gasteiger partial charge in [0.25, 0.3) is 11.8 Å². The lowest BCUT2D eigenvalue weighted by atomic mass is 9.87. The Hall–Kier alpha value is -4.27. The van der Waals surface area contributed by atoms with Crippen LogP contribution in [0.3, 0.4) is 0 Å². The Morgan fingerprint density at radius 3 is 2.82 bits per heavy atom. The number of nitrogens with one attached hydrogen (secondary N) is 1. The van der Waals surface area contributed by atoms with Gasteiger partial charge < -0.3 is 31.5 Å². The van der Waals surface area contributed by atoms with Gasteiger partial charge in [-0.1, -0.05) is 28.3 Å². The molecule has 14 nitrogen and oxygen atoms in total. The number of carboxylic acids is 1. The number of thioether (sulfide) groups is 1. The Kier molecular flexibility index (Phi) is 7.22. The molecule has 1 saturated heterocycles. The Morgan fingerprint density at radius 1 is 1.47 bits per heavy atom. The number of nitrogen functional groups attached to an aromatic ring is 3. The van der Waals surface area contributed by atoms with Crippen LogP contribution in [0.25, 0.3) is 5.57 Å². The molecule has 0 saturated carbocycles. The number of carboxylic acid groups (broad SMARTS) is 1. The molecule has 0 unspecified atom stereocenters. The maximum atomic E-state index is 13.5. The molecule has 0 spiro atoms. The summed E-state index contributed by atoms with van der Waals surface area (Å²) in [5, 5.41) is 20.4. The molecule has 1 fully saturated rings. The maximum absolute atomic E-state index is 13.5. The highest BCUT2D eigenvalue weighted by atomic mass is 32.2. The van der Waals surface area contributed by atoms with Crippen LogP contribution in [0, 0.1) is 12.3 Å². The van der Waals surface area contributed by atoms with Gasteiger partial charge >= 0.3 is 5.95 Å². The minimum Gasteiger partial charge on any atom is -0.543 e. The summed E-state index contributed by atoms with van der Waals surface area (Å²) in [5.74, 6) is -0.882. The average Bonchev–Trinajstić information content (AvgIpc) is 3.31. The van der Waals surface area contributed by atoms with E-state index >= 15 is 0 Å². The number of carbonyl (C=O) groups is 3. The molecular weight excluding hydrogens is 554 g/mol. The number of hydrogen-bond donors (Lipinski definition) is 4. The van der Waals surface area contributed by atoms with Gasteiger partial charge in [0.15, 0.2) is 23.0 Å². The van der Waals surface area contributed by atoms with Gasteiger partial charge in [-0.2, -0.15) is 0 Å². The predicted molar refractivity (Wildman–Crippen MR) is 142 cm³/mol. The monoisotopic (exact) mass is 573 g/mol. The van der Waals surface area contributed by atoms with E-state index in [9.17, 15) is 19.5 Å². The number of aromatic nitrogens is 3. The lowest BCUT2D eigenvalue weighted by Gasteiger charge is -2.56. The number of anilines is 3. The molecule has 0 aliphatic carbocycles. The van der Waals surface area contributed by atoms with Crippen molar-refractivity contribution in [2.45, 2.75) is 10.9 Å². The van der Waals surface area contributed by atoms with Gasteiger partial charge in [-0.3, -0.25) is 20.2 Å². The highest BCUT2D eigenvalue weighted by molar-refractivity contribution is 8.00. The van der Waals surface area contributed by atoms with E-state index in [1.54, 1.807) is 7.05 Å². The average molecular weight is 574 g/mol. The van der Waals surface area contributed by atoms with Crippen molar-refractivity contribution in [2.24, 2.45) is 12.2 Å². The second-order valence-corrected chi connectivity index (χ2v) is 10.1. The molecule has 2 aromatic heterocycles. The van der Waals surface area contributed by atoms with Gasteiger partial charge in [-0.05, 0) is 0 Å². The maximum Gasteiger partial charge on any atom is 0.391 e. The van der Waals surface area contributed by atoms with Crippen LogP contribution in [-0.2, 0) is 26.3 Å². The van der Waals surface area contributed by atoms with Crippen molar-refractivity contribution in [2.75, 3.05) is 29.6 Å². The number of thiazole rings is 1. The summed E-state index contributed by atoms with van der Waals surface area (Å²) in [5.41, 5.74) is 15.6. The summed E-state index contributed by atoms with van der Waals surface area (Å²) >= 11 is 7.36. The summed E-state index contributed by atoms with van der Waals surface area (Å²) in [7, 11) is 1.57. The Labute approximate surface area is 228 Å². The predicted octanol–water partition coefficient (Wildman–Crippen LogP) is -2.61. The van der Waals surface area contributed by atoms with Crippen LogP contribution in [0.5, 0.6) is 0 Å². The van der Waals surface area contributed by atoms with Crippen molar-refractivity contribution in [1.82, 2.24) is 20.2 Å². The summed E-state index contributed by atoms with van der Waals surface area (Å²) in [6.07, 6.45) is 5.17. The van der Waals surface area contributed by atoms with E-state index in [2.05, 4.69) is 26.4 Å². The second-order valence-electron chi connectivity index (χ2n) is 7.87. The first kappa shape index (κ1) is 26.8. The van der Waals surface area contributed by atoms with Crippen LogP contribution < -0.4 is 32.2 Å². The number of amides is 2. The van der Waals surface area contributed by atoms with E-state index in [0.29, 0.717) is 5.69 Å². The van der Waals surface area contributed by atoms with Crippen molar-refractivity contribution in [3.05, 3.63) is 28.5 Å². The lowest BCUT2D eigenvalue weighted by molar-refractivity contribution is -0.661. The standard InChI is InChI=1S/C21H19N9O5S3/c1-3-4-35-28-13(10-7-38-20(24)25-10)15(31)27-21(8-36)17(34)30-14(16(32)33)9(6-37-18(21)30)11-5-12(22)26-19(23)29(11)2/h1,5,7-8,18H,4,6H2,2H3,(H7,22,23,24,25,26,27,31,32,33)/b28-13-/t18-,21+/m1/s1. The number of hydrogen-bond acceptors (Lipinski definition) is 14. The number of carbonyl (C=O) groups excluding carboxylic acids is 3. The second kappa shape index (κ2) is 10.2. The number of nitrogens with two attached hydrogens (primary N) is 3. The molecule has 0 aromatic carbocycles. The molecule has 4 heterocycles. The summed E-state index contributed by atoms with van der Waals surface area (Å²) in [4.78, 5) is 53.0. The van der Waals surface area contributed by atoms with E-state index in [1.807, 2.05) is 0 Å². The van der Waals surface area contributed by atoms with E-state index in [4.69, 9.17) is 40.7 Å². The summed E-state index contributed by atoms with van der Waals surface area (Å²) in [6, 6.07) is 1.44. The zero-order chi connectivity index (χ0) is 27.8. The van der Waals surface area contributed by atoms with Crippen LogP contribution in [0.2, 0.25) is 0 Å². The van der Waals surface area contributed by atoms with Crippen molar-refractivity contribution >= 4 is 86.7 Å². The fourth-order valence-corrected chi connectivity index (χ4v) is 6.26. The topological polar surface area (TPSA) is 219 Å². The third-order valence-corrected chi connectivity index (χ3v) is 8.03. The number of terminal acetylenes is 1. The van der Waals surface area contributed by atoms with Crippen LogP contribution in [0.4, 0.5) is 16.9 Å². The van der Waals surface area contributed by atoms with Crippen molar-refractivity contribution < 1.29 is 28.9 Å². The SMILES string of the molecule is C#CCO/N=C(\C(=O)N[C@@]1(C=S)C(=O)N2C(C(=O)[O-])=C(c3cc(N)nc(N)[n+]3C)CS[C@@H]21)c1csc(N)n1. The molecule has 7 N–H and O–H groups in total. The molecule has 0 bridgehead atoms. The molecule has 2 atom stereocenters. The fraction of sp³-hybridized carbons (Fsp3) is 0.238. The van der Waals surface area contributed by atoms with Gasteiger partial charge in [0.1, 0.15) is 16.8 Å². The van der Waals surface area contributed by atoms with E-state index in [-0.39, 0.29) is 46.2 Å². The Bertz CT molecular complexity index is 1480. The number of oxime groups is 1. The van der Waals surface area contributed by atoms with Crippen molar-refractivity contribution in [3.8, 4) is 12.3 Å². The molecule has 2 amide bonds. The fourth-order valence-electron chi connectivity index (χ4n) is 3.89. The number of thiocarbonyl (C=S) groups is 1. The van der Waals surface area contributed by atoms with Gasteiger partial charge in [0.2, 0.25) is 5.82 Å². The van der Waals surface area contributed by atoms with E-state index in [0.717, 1.165) is 33.4 Å². The zero-order valence-corrected chi connectivity index (χ0v) is 22.0. The van der Waals surface area contributed by atoms with Crippen LogP contribution in [-0.4, -0.2) is 67.0 Å². The van der Waals surface area contributed by atoms with Crippen LogP contribution >= 0.6 is 35.3 Å². The molecule has 2 aromatic rings. The molecule has 38 heavy (non-hydrogen) atoms. The first-order valence-electron chi connectivity index (χ1n) is 10.5. The number of fused-ring (bicyclic) bond motifs is 1. The minimum absolute atomic E-state index is 0.0364. The molecule has 2 aliphatic heterocycles. The number of rotatable bonds is 8. The third-order valence-electron chi connectivity index (χ3n) is 5.63. The Balaban J connectivity index is 1.71. The van der Waals surface area contributed by atoms with Crippen LogP contribution in [0.1, 0.15) is 11.4 Å². The zero-order valence-electron chi connectivity index (χ0n) is 19.5. The first-order chi connectivity index (χ1) is 18.0. The summed E-state index contributed by atoms with van der Waals surface area (Å²) < 4.78 is 1.44. The third kappa shape index (κ3) is 4.38. The number of aliphatic carboxylic acids is 1. The molecular formula is C21H19N9O5S3. The molecule has 2 aliphatic rings.